The molecule has 1 unspecified atom stereocenters. The third-order valence-corrected chi connectivity index (χ3v) is 3.49. The van der Waals surface area contributed by atoms with E-state index in [4.69, 9.17) is 0 Å². The standard InChI is InChI=1S/C13H15FN2OS/c1-2-12(9-4-3-5-10(14)6-9)15-7-11-8-18-13(17)16-11/h3-6,8,12,15H,2,7H2,1H3,(H,16,17). The van der Waals surface area contributed by atoms with Gasteiger partial charge in [0.25, 0.3) is 0 Å². The maximum absolute atomic E-state index is 13.2. The molecular weight excluding hydrogens is 251 g/mol. The summed E-state index contributed by atoms with van der Waals surface area (Å²) in [6, 6.07) is 6.68. The van der Waals surface area contributed by atoms with E-state index in [1.54, 1.807) is 11.4 Å². The molecule has 2 N–H and O–H groups in total. The number of hydrogen-bond donors (Lipinski definition) is 2. The Morgan fingerprint density at radius 1 is 1.50 bits per heavy atom. The van der Waals surface area contributed by atoms with Crippen LogP contribution in [0.2, 0.25) is 0 Å². The minimum absolute atomic E-state index is 0.0504. The zero-order chi connectivity index (χ0) is 13.0. The van der Waals surface area contributed by atoms with Crippen LogP contribution in [0, 0.1) is 5.82 Å². The number of thiazole rings is 1. The molecule has 0 aliphatic carbocycles. The Labute approximate surface area is 109 Å². The van der Waals surface area contributed by atoms with Crippen molar-refractivity contribution in [1.29, 1.82) is 0 Å². The van der Waals surface area contributed by atoms with E-state index in [0.29, 0.717) is 6.54 Å². The van der Waals surface area contributed by atoms with E-state index in [1.807, 2.05) is 13.0 Å². The van der Waals surface area contributed by atoms with Crippen molar-refractivity contribution < 1.29 is 4.39 Å². The van der Waals surface area contributed by atoms with Crippen LogP contribution in [0.3, 0.4) is 0 Å². The summed E-state index contributed by atoms with van der Waals surface area (Å²) in [5.41, 5.74) is 1.79. The van der Waals surface area contributed by atoms with E-state index in [9.17, 15) is 9.18 Å². The molecular formula is C13H15FN2OS. The number of nitrogens with one attached hydrogen (secondary N) is 2. The van der Waals surface area contributed by atoms with Gasteiger partial charge >= 0.3 is 4.87 Å². The van der Waals surface area contributed by atoms with Gasteiger partial charge in [-0.25, -0.2) is 4.39 Å². The lowest BCUT2D eigenvalue weighted by Crippen LogP contribution is -2.21. The molecule has 0 radical (unpaired) electrons. The summed E-state index contributed by atoms with van der Waals surface area (Å²) in [5, 5.41) is 5.11. The second kappa shape index (κ2) is 5.93. The molecule has 0 bridgehead atoms. The second-order valence-corrected chi connectivity index (χ2v) is 4.91. The number of H-pyrrole nitrogens is 1. The maximum atomic E-state index is 13.2. The predicted octanol–water partition coefficient (Wildman–Crippen LogP) is 2.82. The smallest absolute Gasteiger partial charge is 0.304 e. The van der Waals surface area contributed by atoms with Gasteiger partial charge in [0.15, 0.2) is 0 Å². The van der Waals surface area contributed by atoms with Gasteiger partial charge in [0, 0.05) is 23.7 Å². The normalized spacial score (nSPS) is 12.6. The number of rotatable bonds is 5. The van der Waals surface area contributed by atoms with Crippen LogP contribution in [0.25, 0.3) is 0 Å². The first-order valence-electron chi connectivity index (χ1n) is 5.84. The Hall–Kier alpha value is -1.46. The van der Waals surface area contributed by atoms with Crippen LogP contribution in [0.15, 0.2) is 34.4 Å². The summed E-state index contributed by atoms with van der Waals surface area (Å²) in [4.78, 5) is 13.7. The van der Waals surface area contributed by atoms with Gasteiger partial charge in [-0.3, -0.25) is 4.79 Å². The van der Waals surface area contributed by atoms with E-state index in [-0.39, 0.29) is 16.7 Å². The molecule has 18 heavy (non-hydrogen) atoms. The van der Waals surface area contributed by atoms with Gasteiger partial charge in [-0.15, -0.1) is 0 Å². The number of aromatic nitrogens is 1. The van der Waals surface area contributed by atoms with Crippen LogP contribution in [-0.4, -0.2) is 4.98 Å². The van der Waals surface area contributed by atoms with Crippen LogP contribution in [0.5, 0.6) is 0 Å². The number of benzene rings is 1. The summed E-state index contributed by atoms with van der Waals surface area (Å²) in [6.07, 6.45) is 0.859. The fraction of sp³-hybridized carbons (Fsp3) is 0.308. The lowest BCUT2D eigenvalue weighted by Gasteiger charge is -2.16. The van der Waals surface area contributed by atoms with E-state index >= 15 is 0 Å². The Kier molecular flexibility index (Phi) is 4.28. The van der Waals surface area contributed by atoms with Crippen molar-refractivity contribution in [1.82, 2.24) is 10.3 Å². The highest BCUT2D eigenvalue weighted by atomic mass is 32.1. The van der Waals surface area contributed by atoms with E-state index in [2.05, 4.69) is 10.3 Å². The minimum Gasteiger partial charge on any atom is -0.315 e. The molecule has 0 saturated heterocycles. The second-order valence-electron chi connectivity index (χ2n) is 4.07. The highest BCUT2D eigenvalue weighted by Gasteiger charge is 2.09. The van der Waals surface area contributed by atoms with Gasteiger partial charge in [-0.2, -0.15) is 0 Å². The number of hydrogen-bond acceptors (Lipinski definition) is 3. The van der Waals surface area contributed by atoms with Crippen molar-refractivity contribution in [2.75, 3.05) is 0 Å². The van der Waals surface area contributed by atoms with E-state index in [0.717, 1.165) is 29.0 Å². The van der Waals surface area contributed by atoms with Crippen LogP contribution in [0.1, 0.15) is 30.6 Å². The quantitative estimate of drug-likeness (QED) is 0.874. The summed E-state index contributed by atoms with van der Waals surface area (Å²) in [6.45, 7) is 2.62. The molecule has 2 aromatic rings. The first kappa shape index (κ1) is 13.0. The fourth-order valence-electron chi connectivity index (χ4n) is 1.85. The van der Waals surface area contributed by atoms with Gasteiger partial charge in [0.05, 0.1) is 0 Å². The highest BCUT2D eigenvalue weighted by molar-refractivity contribution is 7.07. The molecule has 0 amide bonds. The molecule has 1 heterocycles. The summed E-state index contributed by atoms with van der Waals surface area (Å²) >= 11 is 1.15. The minimum atomic E-state index is -0.225. The first-order chi connectivity index (χ1) is 8.69. The Morgan fingerprint density at radius 3 is 2.94 bits per heavy atom. The van der Waals surface area contributed by atoms with Crippen molar-refractivity contribution in [2.24, 2.45) is 0 Å². The van der Waals surface area contributed by atoms with Crippen molar-refractivity contribution in [3.8, 4) is 0 Å². The molecule has 1 atom stereocenters. The van der Waals surface area contributed by atoms with Crippen LogP contribution in [0.4, 0.5) is 4.39 Å². The first-order valence-corrected chi connectivity index (χ1v) is 6.72. The van der Waals surface area contributed by atoms with Crippen molar-refractivity contribution in [3.63, 3.8) is 0 Å². The van der Waals surface area contributed by atoms with Gasteiger partial charge in [-0.05, 0) is 24.1 Å². The SMILES string of the molecule is CCC(NCc1csc(=O)[nH]1)c1cccc(F)c1. The maximum Gasteiger partial charge on any atom is 0.304 e. The van der Waals surface area contributed by atoms with Gasteiger partial charge < -0.3 is 10.3 Å². The molecule has 1 aromatic carbocycles. The van der Waals surface area contributed by atoms with Crippen molar-refractivity contribution >= 4 is 11.3 Å². The van der Waals surface area contributed by atoms with Gasteiger partial charge in [-0.1, -0.05) is 30.4 Å². The summed E-state index contributed by atoms with van der Waals surface area (Å²) < 4.78 is 13.2. The lowest BCUT2D eigenvalue weighted by atomic mass is 10.0. The third-order valence-electron chi connectivity index (χ3n) is 2.77. The van der Waals surface area contributed by atoms with Crippen molar-refractivity contribution in [2.45, 2.75) is 25.9 Å². The molecule has 5 heteroatoms. The molecule has 96 valence electrons. The Morgan fingerprint density at radius 2 is 2.33 bits per heavy atom. The number of aromatic amines is 1. The lowest BCUT2D eigenvalue weighted by molar-refractivity contribution is 0.510. The largest absolute Gasteiger partial charge is 0.315 e. The Balaban J connectivity index is 2.03. The van der Waals surface area contributed by atoms with Gasteiger partial charge in [0.2, 0.25) is 0 Å². The van der Waals surface area contributed by atoms with Gasteiger partial charge in [0.1, 0.15) is 5.82 Å². The molecule has 3 nitrogen and oxygen atoms in total. The van der Waals surface area contributed by atoms with Crippen LogP contribution >= 0.6 is 11.3 Å². The summed E-state index contributed by atoms with van der Waals surface area (Å²) in [7, 11) is 0. The third kappa shape index (κ3) is 3.27. The predicted molar refractivity (Wildman–Crippen MR) is 71.2 cm³/mol. The molecule has 0 aliphatic rings. The van der Waals surface area contributed by atoms with Crippen molar-refractivity contribution in [3.05, 3.63) is 56.4 Å². The molecule has 0 saturated carbocycles. The highest BCUT2D eigenvalue weighted by Crippen LogP contribution is 2.17. The summed E-state index contributed by atoms with van der Waals surface area (Å²) in [5.74, 6) is -0.225. The zero-order valence-electron chi connectivity index (χ0n) is 10.1. The molecule has 0 fully saturated rings. The Bertz CT molecular complexity index is 564. The van der Waals surface area contributed by atoms with E-state index < -0.39 is 0 Å². The molecule has 1 aromatic heterocycles. The molecule has 0 spiro atoms. The molecule has 0 aliphatic heterocycles. The monoisotopic (exact) mass is 266 g/mol. The van der Waals surface area contributed by atoms with E-state index in [1.165, 1.54) is 12.1 Å². The topological polar surface area (TPSA) is 44.9 Å². The molecule has 2 rings (SSSR count). The van der Waals surface area contributed by atoms with Crippen LogP contribution in [-0.2, 0) is 6.54 Å². The van der Waals surface area contributed by atoms with Crippen LogP contribution < -0.4 is 10.2 Å². The number of halogens is 1. The fourth-order valence-corrected chi connectivity index (χ4v) is 2.44. The zero-order valence-corrected chi connectivity index (χ0v) is 10.9. The average Bonchev–Trinajstić information content (AvgIpc) is 2.76. The average molecular weight is 266 g/mol.